The molecule has 1 aliphatic rings. The molecule has 1 aliphatic heterocycles. The van der Waals surface area contributed by atoms with Crippen molar-refractivity contribution in [1.29, 1.82) is 0 Å². The third kappa shape index (κ3) is 3.79. The highest BCUT2D eigenvalue weighted by Crippen LogP contribution is 2.19. The summed E-state index contributed by atoms with van der Waals surface area (Å²) in [5.74, 6) is 0.208. The zero-order chi connectivity index (χ0) is 14.0. The van der Waals surface area contributed by atoms with E-state index in [2.05, 4.69) is 0 Å². The van der Waals surface area contributed by atoms with Crippen molar-refractivity contribution < 1.29 is 8.42 Å². The molecule has 1 fully saturated rings. The molecule has 2 heterocycles. The number of sulfonamides is 1. The molecule has 0 bridgehead atoms. The normalized spacial score (nSPS) is 21.5. The molecule has 106 valence electrons. The number of rotatable bonds is 3. The molecule has 2 rings (SSSR count). The average molecular weight is 396 g/mol. The quantitative estimate of drug-likeness (QED) is 0.720. The summed E-state index contributed by atoms with van der Waals surface area (Å²) in [6.45, 7) is 1.69. The zero-order valence-corrected chi connectivity index (χ0v) is 13.7. The molecule has 0 saturated carbocycles. The highest BCUT2D eigenvalue weighted by Gasteiger charge is 2.26. The number of hydrogen-bond acceptors (Lipinski definition) is 3. The molecule has 1 aromatic heterocycles. The first-order valence-electron chi connectivity index (χ1n) is 6.18. The van der Waals surface area contributed by atoms with E-state index in [1.807, 2.05) is 28.7 Å². The van der Waals surface area contributed by atoms with Crippen LogP contribution >= 0.6 is 22.6 Å². The van der Waals surface area contributed by atoms with Crippen molar-refractivity contribution in [3.8, 4) is 0 Å². The van der Waals surface area contributed by atoms with Gasteiger partial charge in [0.2, 0.25) is 10.0 Å². The first kappa shape index (κ1) is 15.0. The molecule has 1 unspecified atom stereocenters. The number of nitrogens with zero attached hydrogens (tertiary/aromatic N) is 2. The summed E-state index contributed by atoms with van der Waals surface area (Å²) in [7, 11) is -3.12. The fourth-order valence-corrected chi connectivity index (χ4v) is 3.87. The standard InChI is InChI=1S/C12H17IN2O3S/c1-19(17,18)15-7-2-4-10(9-15)8-14-6-3-5-11(13)12(14)16/h3,5-6,10H,2,4,7-9H2,1H3. The van der Waals surface area contributed by atoms with E-state index >= 15 is 0 Å². The largest absolute Gasteiger partial charge is 0.314 e. The Morgan fingerprint density at radius 3 is 2.89 bits per heavy atom. The zero-order valence-electron chi connectivity index (χ0n) is 10.8. The van der Waals surface area contributed by atoms with Crippen LogP contribution in [0.4, 0.5) is 0 Å². The van der Waals surface area contributed by atoms with E-state index in [0.717, 1.165) is 12.8 Å². The molecule has 19 heavy (non-hydrogen) atoms. The molecule has 0 aromatic carbocycles. The third-order valence-electron chi connectivity index (χ3n) is 3.38. The molecule has 0 spiro atoms. The Labute approximate surface area is 126 Å². The topological polar surface area (TPSA) is 59.4 Å². The number of halogens is 1. The lowest BCUT2D eigenvalue weighted by molar-refractivity contribution is 0.244. The summed E-state index contributed by atoms with van der Waals surface area (Å²) in [4.78, 5) is 11.9. The van der Waals surface area contributed by atoms with Gasteiger partial charge in [0, 0.05) is 25.8 Å². The fraction of sp³-hybridized carbons (Fsp3) is 0.583. The number of aromatic nitrogens is 1. The van der Waals surface area contributed by atoms with E-state index in [1.165, 1.54) is 10.6 Å². The predicted molar refractivity (Wildman–Crippen MR) is 82.6 cm³/mol. The van der Waals surface area contributed by atoms with Crippen LogP contribution in [0.1, 0.15) is 12.8 Å². The molecule has 1 atom stereocenters. The van der Waals surface area contributed by atoms with Crippen molar-refractivity contribution >= 4 is 32.6 Å². The van der Waals surface area contributed by atoms with Gasteiger partial charge in [0.1, 0.15) is 0 Å². The summed E-state index contributed by atoms with van der Waals surface area (Å²) in [5.41, 5.74) is -0.000390. The minimum atomic E-state index is -3.12. The maximum Gasteiger partial charge on any atom is 0.263 e. The Balaban J connectivity index is 2.11. The first-order valence-corrected chi connectivity index (χ1v) is 9.10. The minimum Gasteiger partial charge on any atom is -0.314 e. The van der Waals surface area contributed by atoms with Crippen LogP contribution in [0.3, 0.4) is 0 Å². The minimum absolute atomic E-state index is 0.000390. The summed E-state index contributed by atoms with van der Waals surface area (Å²) in [6, 6.07) is 3.63. The molecular weight excluding hydrogens is 379 g/mol. The third-order valence-corrected chi connectivity index (χ3v) is 5.47. The van der Waals surface area contributed by atoms with Crippen LogP contribution in [-0.4, -0.2) is 36.6 Å². The SMILES string of the molecule is CS(=O)(=O)N1CCCC(Cn2cccc(I)c2=O)C1. The summed E-state index contributed by atoms with van der Waals surface area (Å²) in [5, 5.41) is 0. The number of pyridine rings is 1. The van der Waals surface area contributed by atoms with E-state index < -0.39 is 10.0 Å². The Bertz CT molecular complexity index is 612. The van der Waals surface area contributed by atoms with Gasteiger partial charge in [-0.15, -0.1) is 0 Å². The van der Waals surface area contributed by atoms with Crippen LogP contribution in [0, 0.1) is 9.49 Å². The lowest BCUT2D eigenvalue weighted by atomic mass is 9.99. The predicted octanol–water partition coefficient (Wildman–Crippen LogP) is 1.12. The molecule has 5 nitrogen and oxygen atoms in total. The van der Waals surface area contributed by atoms with Gasteiger partial charge in [-0.25, -0.2) is 12.7 Å². The Kier molecular flexibility index (Phi) is 4.67. The van der Waals surface area contributed by atoms with E-state index in [9.17, 15) is 13.2 Å². The monoisotopic (exact) mass is 396 g/mol. The van der Waals surface area contributed by atoms with Crippen LogP contribution < -0.4 is 5.56 Å². The van der Waals surface area contributed by atoms with Crippen molar-refractivity contribution in [3.05, 3.63) is 32.3 Å². The second-order valence-electron chi connectivity index (χ2n) is 4.94. The first-order chi connectivity index (χ1) is 8.88. The average Bonchev–Trinajstić information content (AvgIpc) is 2.34. The molecule has 0 N–H and O–H groups in total. The van der Waals surface area contributed by atoms with E-state index in [-0.39, 0.29) is 11.5 Å². The van der Waals surface area contributed by atoms with Crippen molar-refractivity contribution in [1.82, 2.24) is 8.87 Å². The van der Waals surface area contributed by atoms with Crippen LogP contribution in [0.2, 0.25) is 0 Å². The van der Waals surface area contributed by atoms with Gasteiger partial charge in [-0.05, 0) is 53.5 Å². The van der Waals surface area contributed by atoms with Crippen molar-refractivity contribution in [2.75, 3.05) is 19.3 Å². The number of piperidine rings is 1. The van der Waals surface area contributed by atoms with Crippen LogP contribution in [0.25, 0.3) is 0 Å². The van der Waals surface area contributed by atoms with Gasteiger partial charge < -0.3 is 4.57 Å². The summed E-state index contributed by atoms with van der Waals surface area (Å²) >= 11 is 2.02. The second-order valence-corrected chi connectivity index (χ2v) is 8.09. The molecule has 1 aromatic rings. The number of hydrogen-bond donors (Lipinski definition) is 0. The summed E-state index contributed by atoms with van der Waals surface area (Å²) in [6.07, 6.45) is 4.83. The second kappa shape index (κ2) is 5.92. The van der Waals surface area contributed by atoms with Gasteiger partial charge in [-0.1, -0.05) is 0 Å². The van der Waals surface area contributed by atoms with Gasteiger partial charge in [0.05, 0.1) is 9.83 Å². The van der Waals surface area contributed by atoms with Gasteiger partial charge >= 0.3 is 0 Å². The maximum atomic E-state index is 11.9. The van der Waals surface area contributed by atoms with Crippen LogP contribution in [0.15, 0.2) is 23.1 Å². The molecular formula is C12H17IN2O3S. The Hall–Kier alpha value is -0.410. The Morgan fingerprint density at radius 2 is 2.21 bits per heavy atom. The Morgan fingerprint density at radius 1 is 1.47 bits per heavy atom. The van der Waals surface area contributed by atoms with Gasteiger partial charge in [-0.3, -0.25) is 4.79 Å². The van der Waals surface area contributed by atoms with Gasteiger partial charge in [0.25, 0.3) is 5.56 Å². The van der Waals surface area contributed by atoms with Crippen molar-refractivity contribution in [2.45, 2.75) is 19.4 Å². The molecule has 0 radical (unpaired) electrons. The van der Waals surface area contributed by atoms with Crippen LogP contribution in [-0.2, 0) is 16.6 Å². The van der Waals surface area contributed by atoms with Gasteiger partial charge in [-0.2, -0.15) is 0 Å². The highest BCUT2D eigenvalue weighted by molar-refractivity contribution is 14.1. The highest BCUT2D eigenvalue weighted by atomic mass is 127. The maximum absolute atomic E-state index is 11.9. The fourth-order valence-electron chi connectivity index (χ4n) is 2.41. The van der Waals surface area contributed by atoms with E-state index in [1.54, 1.807) is 16.8 Å². The lowest BCUT2D eigenvalue weighted by Crippen LogP contribution is -2.41. The molecule has 1 saturated heterocycles. The van der Waals surface area contributed by atoms with E-state index in [0.29, 0.717) is 23.2 Å². The molecule has 7 heteroatoms. The van der Waals surface area contributed by atoms with Crippen molar-refractivity contribution in [3.63, 3.8) is 0 Å². The summed E-state index contributed by atoms with van der Waals surface area (Å²) < 4.78 is 27.0. The smallest absolute Gasteiger partial charge is 0.263 e. The molecule has 0 amide bonds. The van der Waals surface area contributed by atoms with Crippen LogP contribution in [0.5, 0.6) is 0 Å². The van der Waals surface area contributed by atoms with E-state index in [4.69, 9.17) is 0 Å². The van der Waals surface area contributed by atoms with Gasteiger partial charge in [0.15, 0.2) is 0 Å². The van der Waals surface area contributed by atoms with Crippen molar-refractivity contribution in [2.24, 2.45) is 5.92 Å². The lowest BCUT2D eigenvalue weighted by Gasteiger charge is -2.31. The molecule has 0 aliphatic carbocycles.